The Morgan fingerprint density at radius 2 is 2.11 bits per heavy atom. The second-order valence-corrected chi connectivity index (χ2v) is 6.25. The van der Waals surface area contributed by atoms with Crippen molar-refractivity contribution in [3.63, 3.8) is 0 Å². The third-order valence-corrected chi connectivity index (χ3v) is 3.48. The zero-order valence-corrected chi connectivity index (χ0v) is 12.5. The Bertz CT molecular complexity index is 420. The molecule has 1 unspecified atom stereocenters. The molecule has 2 rings (SSSR count). The highest BCUT2D eigenvalue weighted by Crippen LogP contribution is 2.23. The Balaban J connectivity index is 2.19. The molecular weight excluding hydrogens is 238 g/mol. The minimum Gasteiger partial charge on any atom is -0.378 e. The van der Waals surface area contributed by atoms with Crippen LogP contribution in [0, 0.1) is 0 Å². The lowest BCUT2D eigenvalue weighted by molar-refractivity contribution is 0.0156. The van der Waals surface area contributed by atoms with Gasteiger partial charge in [-0.1, -0.05) is 20.8 Å². The molecule has 0 radical (unpaired) electrons. The molecule has 4 heteroatoms. The lowest BCUT2D eigenvalue weighted by Gasteiger charge is -2.23. The van der Waals surface area contributed by atoms with E-state index in [1.54, 1.807) is 0 Å². The van der Waals surface area contributed by atoms with Crippen LogP contribution in [-0.2, 0) is 16.6 Å². The second-order valence-electron chi connectivity index (χ2n) is 6.25. The van der Waals surface area contributed by atoms with Crippen molar-refractivity contribution < 1.29 is 4.74 Å². The van der Waals surface area contributed by atoms with Gasteiger partial charge in [-0.3, -0.25) is 0 Å². The molecule has 19 heavy (non-hydrogen) atoms. The van der Waals surface area contributed by atoms with Crippen LogP contribution in [0.1, 0.15) is 51.6 Å². The van der Waals surface area contributed by atoms with Gasteiger partial charge >= 0.3 is 0 Å². The van der Waals surface area contributed by atoms with Crippen LogP contribution in [-0.4, -0.2) is 29.7 Å². The zero-order valence-electron chi connectivity index (χ0n) is 12.5. The summed E-state index contributed by atoms with van der Waals surface area (Å²) in [6, 6.07) is 2.03. The minimum absolute atomic E-state index is 0.0384. The Labute approximate surface area is 116 Å². The topological polar surface area (TPSA) is 47.0 Å². The van der Waals surface area contributed by atoms with E-state index < -0.39 is 0 Å². The van der Waals surface area contributed by atoms with Crippen molar-refractivity contribution >= 4 is 5.82 Å². The Morgan fingerprint density at radius 3 is 2.68 bits per heavy atom. The van der Waals surface area contributed by atoms with Crippen LogP contribution in [0.3, 0.4) is 0 Å². The van der Waals surface area contributed by atoms with Gasteiger partial charge in [0.2, 0.25) is 0 Å². The highest BCUT2D eigenvalue weighted by molar-refractivity contribution is 5.37. The molecule has 0 spiro atoms. The summed E-state index contributed by atoms with van der Waals surface area (Å²) in [6.07, 6.45) is 4.66. The van der Waals surface area contributed by atoms with E-state index in [1.807, 2.05) is 13.1 Å². The number of aromatic nitrogens is 2. The van der Waals surface area contributed by atoms with Gasteiger partial charge in [0.1, 0.15) is 11.6 Å². The standard InChI is InChI=1S/C15H25N3O/c1-15(2,3)12-10-13(16-4)18-14(17-12)9-11-7-5-6-8-19-11/h10-11H,5-9H2,1-4H3,(H,16,17,18). The number of hydrogen-bond donors (Lipinski definition) is 1. The lowest BCUT2D eigenvalue weighted by Crippen LogP contribution is -2.24. The van der Waals surface area contributed by atoms with Gasteiger partial charge in [-0.25, -0.2) is 9.97 Å². The number of nitrogens with zero attached hydrogens (tertiary/aromatic N) is 2. The van der Waals surface area contributed by atoms with Crippen LogP contribution in [0.5, 0.6) is 0 Å². The van der Waals surface area contributed by atoms with Crippen LogP contribution >= 0.6 is 0 Å². The summed E-state index contributed by atoms with van der Waals surface area (Å²) < 4.78 is 5.78. The number of rotatable bonds is 3. The molecule has 0 amide bonds. The number of nitrogens with one attached hydrogen (secondary N) is 1. The molecule has 4 nitrogen and oxygen atoms in total. The van der Waals surface area contributed by atoms with Crippen LogP contribution < -0.4 is 5.32 Å². The van der Waals surface area contributed by atoms with E-state index in [4.69, 9.17) is 9.72 Å². The maximum Gasteiger partial charge on any atom is 0.133 e. The van der Waals surface area contributed by atoms with Crippen LogP contribution in [0.2, 0.25) is 0 Å². The average molecular weight is 263 g/mol. The molecule has 0 bridgehead atoms. The SMILES string of the molecule is CNc1cc(C(C)(C)C)nc(CC2CCCCO2)n1. The monoisotopic (exact) mass is 263 g/mol. The van der Waals surface area contributed by atoms with Crippen molar-refractivity contribution in [2.45, 2.75) is 58.0 Å². The molecule has 1 aromatic heterocycles. The van der Waals surface area contributed by atoms with E-state index in [-0.39, 0.29) is 11.5 Å². The summed E-state index contributed by atoms with van der Waals surface area (Å²) in [5.41, 5.74) is 1.12. The third-order valence-electron chi connectivity index (χ3n) is 3.48. The largest absolute Gasteiger partial charge is 0.378 e. The van der Waals surface area contributed by atoms with E-state index >= 15 is 0 Å². The highest BCUT2D eigenvalue weighted by atomic mass is 16.5. The molecule has 1 aromatic rings. The smallest absolute Gasteiger partial charge is 0.133 e. The van der Waals surface area contributed by atoms with E-state index in [9.17, 15) is 0 Å². The first kappa shape index (κ1) is 14.3. The molecular formula is C15H25N3O. The third kappa shape index (κ3) is 3.90. The maximum atomic E-state index is 5.78. The molecule has 1 fully saturated rings. The Kier molecular flexibility index (Phi) is 4.40. The molecule has 1 saturated heterocycles. The van der Waals surface area contributed by atoms with Crippen LogP contribution in [0.4, 0.5) is 5.82 Å². The maximum absolute atomic E-state index is 5.78. The molecule has 0 aromatic carbocycles. The van der Waals surface area contributed by atoms with E-state index in [1.165, 1.54) is 12.8 Å². The van der Waals surface area contributed by atoms with E-state index in [2.05, 4.69) is 31.1 Å². The molecule has 1 aliphatic heterocycles. The fourth-order valence-corrected chi connectivity index (χ4v) is 2.27. The number of anilines is 1. The van der Waals surface area contributed by atoms with Crippen molar-refractivity contribution in [2.75, 3.05) is 19.0 Å². The molecule has 1 atom stereocenters. The summed E-state index contributed by atoms with van der Waals surface area (Å²) in [6.45, 7) is 7.41. The Morgan fingerprint density at radius 1 is 1.32 bits per heavy atom. The first-order valence-electron chi connectivity index (χ1n) is 7.17. The molecule has 2 heterocycles. The predicted octanol–water partition coefficient (Wildman–Crippen LogP) is 2.93. The molecule has 1 N–H and O–H groups in total. The first-order valence-corrected chi connectivity index (χ1v) is 7.17. The number of ether oxygens (including phenoxy) is 1. The zero-order chi connectivity index (χ0) is 13.9. The van der Waals surface area contributed by atoms with E-state index in [0.717, 1.165) is 36.8 Å². The van der Waals surface area contributed by atoms with Crippen LogP contribution in [0.25, 0.3) is 0 Å². The molecule has 0 aliphatic carbocycles. The van der Waals surface area contributed by atoms with Crippen molar-refractivity contribution in [1.29, 1.82) is 0 Å². The molecule has 0 saturated carbocycles. The Hall–Kier alpha value is -1.16. The van der Waals surface area contributed by atoms with Crippen LogP contribution in [0.15, 0.2) is 6.07 Å². The van der Waals surface area contributed by atoms with Crippen molar-refractivity contribution in [3.05, 3.63) is 17.6 Å². The number of hydrogen-bond acceptors (Lipinski definition) is 4. The second kappa shape index (κ2) is 5.87. The fourth-order valence-electron chi connectivity index (χ4n) is 2.27. The lowest BCUT2D eigenvalue weighted by atomic mass is 9.91. The highest BCUT2D eigenvalue weighted by Gasteiger charge is 2.20. The molecule has 106 valence electrons. The normalized spacial score (nSPS) is 20.3. The average Bonchev–Trinajstić information content (AvgIpc) is 2.38. The van der Waals surface area contributed by atoms with Gasteiger partial charge in [-0.2, -0.15) is 0 Å². The van der Waals surface area contributed by atoms with Gasteiger partial charge in [0.25, 0.3) is 0 Å². The predicted molar refractivity (Wildman–Crippen MR) is 77.6 cm³/mol. The van der Waals surface area contributed by atoms with Crippen molar-refractivity contribution in [2.24, 2.45) is 0 Å². The summed E-state index contributed by atoms with van der Waals surface area (Å²) in [5, 5.41) is 3.13. The van der Waals surface area contributed by atoms with Gasteiger partial charge < -0.3 is 10.1 Å². The minimum atomic E-state index is 0.0384. The summed E-state index contributed by atoms with van der Waals surface area (Å²) in [4.78, 5) is 9.27. The van der Waals surface area contributed by atoms with Gasteiger partial charge in [0.05, 0.1) is 11.8 Å². The first-order chi connectivity index (χ1) is 8.99. The van der Waals surface area contributed by atoms with Gasteiger partial charge in [0, 0.05) is 31.6 Å². The van der Waals surface area contributed by atoms with Gasteiger partial charge in [0.15, 0.2) is 0 Å². The summed E-state index contributed by atoms with van der Waals surface area (Å²) >= 11 is 0. The van der Waals surface area contributed by atoms with E-state index in [0.29, 0.717) is 0 Å². The van der Waals surface area contributed by atoms with Gasteiger partial charge in [-0.05, 0) is 19.3 Å². The summed E-state index contributed by atoms with van der Waals surface area (Å²) in [5.74, 6) is 1.79. The fraction of sp³-hybridized carbons (Fsp3) is 0.733. The summed E-state index contributed by atoms with van der Waals surface area (Å²) in [7, 11) is 1.90. The van der Waals surface area contributed by atoms with Crippen molar-refractivity contribution in [3.8, 4) is 0 Å². The van der Waals surface area contributed by atoms with Crippen molar-refractivity contribution in [1.82, 2.24) is 9.97 Å². The molecule has 1 aliphatic rings. The quantitative estimate of drug-likeness (QED) is 0.911. The van der Waals surface area contributed by atoms with Gasteiger partial charge in [-0.15, -0.1) is 0 Å².